The molecule has 0 aromatic heterocycles. The standard InChI is InChI=1S/C12H6Br2/c13-9-5-1-3-7-8-4-2-6-10(14)12(8)11(7)9/h1-6H. The topological polar surface area (TPSA) is 0 Å². The Labute approximate surface area is 97.8 Å². The Bertz CT molecular complexity index is 641. The summed E-state index contributed by atoms with van der Waals surface area (Å²) in [6, 6.07) is 12.6. The molecule has 3 rings (SSSR count). The largest absolute Gasteiger partial charge is 0.0605 e. The monoisotopic (exact) mass is 308 g/mol. The minimum absolute atomic E-state index is 1.18. The Balaban J connectivity index is 2.73. The van der Waals surface area contributed by atoms with Gasteiger partial charge in [-0.25, -0.2) is 0 Å². The minimum atomic E-state index is 1.18. The third-order valence-electron chi connectivity index (χ3n) is 2.57. The van der Waals surface area contributed by atoms with Crippen molar-refractivity contribution in [1.29, 1.82) is 0 Å². The van der Waals surface area contributed by atoms with Crippen molar-refractivity contribution in [1.82, 2.24) is 0 Å². The summed E-state index contributed by atoms with van der Waals surface area (Å²) >= 11 is 7.16. The summed E-state index contributed by atoms with van der Waals surface area (Å²) in [5.41, 5.74) is 0. The van der Waals surface area contributed by atoms with Crippen molar-refractivity contribution in [2.45, 2.75) is 0 Å². The quantitative estimate of drug-likeness (QED) is 0.586. The summed E-state index contributed by atoms with van der Waals surface area (Å²) in [4.78, 5) is 0. The summed E-state index contributed by atoms with van der Waals surface area (Å²) in [5, 5.41) is 5.34. The van der Waals surface area contributed by atoms with E-state index in [1.165, 1.54) is 29.8 Å². The van der Waals surface area contributed by atoms with Crippen molar-refractivity contribution in [2.24, 2.45) is 0 Å². The SMILES string of the molecule is Brc1cccc2c1=c1c(Br)cccc1=2. The molecular weight excluding hydrogens is 304 g/mol. The van der Waals surface area contributed by atoms with Gasteiger partial charge in [-0.1, -0.05) is 56.1 Å². The van der Waals surface area contributed by atoms with E-state index < -0.39 is 0 Å². The first kappa shape index (κ1) is 8.69. The van der Waals surface area contributed by atoms with Gasteiger partial charge in [0.1, 0.15) is 0 Å². The molecule has 2 aromatic rings. The van der Waals surface area contributed by atoms with Gasteiger partial charge in [-0.3, -0.25) is 0 Å². The van der Waals surface area contributed by atoms with E-state index in [2.05, 4.69) is 68.3 Å². The van der Waals surface area contributed by atoms with Crippen LogP contribution in [0.5, 0.6) is 0 Å². The van der Waals surface area contributed by atoms with Gasteiger partial charge in [0.15, 0.2) is 0 Å². The molecule has 1 aliphatic rings. The van der Waals surface area contributed by atoms with E-state index in [9.17, 15) is 0 Å². The van der Waals surface area contributed by atoms with Crippen molar-refractivity contribution in [3.05, 3.63) is 66.2 Å². The maximum absolute atomic E-state index is 3.58. The van der Waals surface area contributed by atoms with Crippen LogP contribution in [0.3, 0.4) is 0 Å². The second kappa shape index (κ2) is 2.94. The second-order valence-electron chi connectivity index (χ2n) is 3.32. The number of hydrogen-bond acceptors (Lipinski definition) is 0. The van der Waals surface area contributed by atoms with Crippen LogP contribution in [0.1, 0.15) is 0 Å². The molecule has 2 aromatic carbocycles. The van der Waals surface area contributed by atoms with Gasteiger partial charge in [0.05, 0.1) is 0 Å². The van der Waals surface area contributed by atoms with E-state index in [0.29, 0.717) is 0 Å². The first-order valence-corrected chi connectivity index (χ1v) is 5.95. The molecule has 0 unspecified atom stereocenters. The van der Waals surface area contributed by atoms with E-state index in [1.807, 2.05) is 0 Å². The molecule has 1 aliphatic carbocycles. The van der Waals surface area contributed by atoms with E-state index >= 15 is 0 Å². The molecule has 0 N–H and O–H groups in total. The predicted molar refractivity (Wildman–Crippen MR) is 63.6 cm³/mol. The average molecular weight is 310 g/mol. The lowest BCUT2D eigenvalue weighted by molar-refractivity contribution is 1.25. The molecule has 14 heavy (non-hydrogen) atoms. The van der Waals surface area contributed by atoms with Crippen LogP contribution in [0, 0.1) is 20.9 Å². The summed E-state index contributed by atoms with van der Waals surface area (Å²) in [6.07, 6.45) is 0. The molecule has 0 heterocycles. The maximum atomic E-state index is 3.58. The number of halogens is 2. The Morgan fingerprint density at radius 3 is 1.50 bits per heavy atom. The lowest BCUT2D eigenvalue weighted by atomic mass is 10.0. The fraction of sp³-hybridized carbons (Fsp3) is 0. The van der Waals surface area contributed by atoms with Crippen LogP contribution in [0.25, 0.3) is 0 Å². The summed E-state index contributed by atoms with van der Waals surface area (Å²) in [6.45, 7) is 0. The number of hydrogen-bond donors (Lipinski definition) is 0. The smallest absolute Gasteiger partial charge is 0.0260 e. The van der Waals surface area contributed by atoms with Gasteiger partial charge >= 0.3 is 0 Å². The fourth-order valence-corrected chi connectivity index (χ4v) is 3.07. The van der Waals surface area contributed by atoms with Crippen molar-refractivity contribution >= 4 is 31.9 Å². The molecule has 68 valence electrons. The molecule has 0 saturated heterocycles. The molecule has 0 radical (unpaired) electrons. The van der Waals surface area contributed by atoms with Crippen LogP contribution in [-0.2, 0) is 0 Å². The molecule has 0 atom stereocenters. The van der Waals surface area contributed by atoms with E-state index in [-0.39, 0.29) is 0 Å². The molecule has 0 nitrogen and oxygen atoms in total. The molecule has 2 heteroatoms. The van der Waals surface area contributed by atoms with Crippen molar-refractivity contribution in [3.8, 4) is 0 Å². The molecule has 0 aliphatic heterocycles. The summed E-state index contributed by atoms with van der Waals surface area (Å²) in [5.74, 6) is 0. The average Bonchev–Trinajstić information content (AvgIpc) is 2.14. The Hall–Kier alpha value is -0.600. The van der Waals surface area contributed by atoms with Gasteiger partial charge in [0.25, 0.3) is 0 Å². The molecule has 0 saturated carbocycles. The predicted octanol–water partition coefficient (Wildman–Crippen LogP) is 4.10. The van der Waals surface area contributed by atoms with Crippen LogP contribution in [0.4, 0.5) is 0 Å². The minimum Gasteiger partial charge on any atom is -0.0605 e. The lowest BCUT2D eigenvalue weighted by Crippen LogP contribution is -1.92. The molecular formula is C12H6Br2. The van der Waals surface area contributed by atoms with Crippen LogP contribution >= 0.6 is 31.9 Å². The van der Waals surface area contributed by atoms with Crippen molar-refractivity contribution < 1.29 is 0 Å². The zero-order valence-electron chi connectivity index (χ0n) is 7.22. The highest BCUT2D eigenvalue weighted by Crippen LogP contribution is 2.25. The normalized spacial score (nSPS) is 11.6. The fourth-order valence-electron chi connectivity index (χ4n) is 1.94. The molecule has 0 bridgehead atoms. The van der Waals surface area contributed by atoms with Gasteiger partial charge in [-0.05, 0) is 22.6 Å². The third-order valence-corrected chi connectivity index (χ3v) is 3.89. The summed E-state index contributed by atoms with van der Waals surface area (Å²) < 4.78 is 2.35. The van der Waals surface area contributed by atoms with Gasteiger partial charge in [0.2, 0.25) is 0 Å². The maximum Gasteiger partial charge on any atom is 0.0260 e. The second-order valence-corrected chi connectivity index (χ2v) is 5.03. The van der Waals surface area contributed by atoms with Crippen LogP contribution in [0.15, 0.2) is 45.3 Å². The van der Waals surface area contributed by atoms with Crippen molar-refractivity contribution in [3.63, 3.8) is 0 Å². The number of fused-ring (bicyclic) bond motifs is 2. The Kier molecular flexibility index (Phi) is 1.83. The first-order valence-electron chi connectivity index (χ1n) is 4.37. The molecule has 0 amide bonds. The highest BCUT2D eigenvalue weighted by atomic mass is 79.9. The number of rotatable bonds is 0. The lowest BCUT2D eigenvalue weighted by Gasteiger charge is -2.07. The number of benzene rings is 2. The van der Waals surface area contributed by atoms with Crippen LogP contribution < -0.4 is 0 Å². The first-order chi connectivity index (χ1) is 6.79. The van der Waals surface area contributed by atoms with Gasteiger partial charge < -0.3 is 0 Å². The summed E-state index contributed by atoms with van der Waals surface area (Å²) in [7, 11) is 0. The molecule has 0 fully saturated rings. The molecule has 0 spiro atoms. The van der Waals surface area contributed by atoms with Crippen LogP contribution in [0.2, 0.25) is 0 Å². The van der Waals surface area contributed by atoms with Gasteiger partial charge in [-0.2, -0.15) is 0 Å². The van der Waals surface area contributed by atoms with E-state index in [0.717, 1.165) is 0 Å². The Morgan fingerprint density at radius 1 is 0.643 bits per heavy atom. The van der Waals surface area contributed by atoms with Gasteiger partial charge in [-0.15, -0.1) is 0 Å². The third kappa shape index (κ3) is 0.984. The zero-order chi connectivity index (χ0) is 9.71. The highest BCUT2D eigenvalue weighted by molar-refractivity contribution is 9.10. The van der Waals surface area contributed by atoms with E-state index in [1.54, 1.807) is 0 Å². The zero-order valence-corrected chi connectivity index (χ0v) is 10.4. The Morgan fingerprint density at radius 2 is 1.07 bits per heavy atom. The van der Waals surface area contributed by atoms with Crippen molar-refractivity contribution in [2.75, 3.05) is 0 Å². The van der Waals surface area contributed by atoms with E-state index in [4.69, 9.17) is 0 Å². The van der Waals surface area contributed by atoms with Gasteiger partial charge in [0, 0.05) is 19.4 Å². The highest BCUT2D eigenvalue weighted by Gasteiger charge is 2.06. The van der Waals surface area contributed by atoms with Crippen LogP contribution in [-0.4, -0.2) is 0 Å².